The summed E-state index contributed by atoms with van der Waals surface area (Å²) in [6.07, 6.45) is 0.471. The molecule has 1 atom stereocenters. The molecule has 1 unspecified atom stereocenters. The molecule has 88 valence electrons. The third-order valence-electron chi connectivity index (χ3n) is 2.34. The second kappa shape index (κ2) is 6.25. The number of aliphatic hydroxyl groups is 1. The number of carbonyl (C=O) groups is 1. The summed E-state index contributed by atoms with van der Waals surface area (Å²) in [6.45, 7) is 2.25. The van der Waals surface area contributed by atoms with E-state index >= 15 is 0 Å². The van der Waals surface area contributed by atoms with E-state index < -0.39 is 6.10 Å². The number of benzene rings is 1. The fourth-order valence-electron chi connectivity index (χ4n) is 1.36. The minimum absolute atomic E-state index is 0.0183. The molecule has 0 bridgehead atoms. The van der Waals surface area contributed by atoms with Gasteiger partial charge in [-0.3, -0.25) is 4.79 Å². The normalized spacial score (nSPS) is 12.2. The number of hydrogen-bond acceptors (Lipinski definition) is 3. The van der Waals surface area contributed by atoms with Gasteiger partial charge in [0, 0.05) is 12.1 Å². The molecular weight excluding hydrogens is 204 g/mol. The molecule has 0 fully saturated rings. The van der Waals surface area contributed by atoms with E-state index in [4.69, 9.17) is 5.73 Å². The zero-order valence-electron chi connectivity index (χ0n) is 9.44. The smallest absolute Gasteiger partial charge is 0.224 e. The SMILES string of the molecule is CCC(=O)Nc1ccc(C(O)CCN)cc1. The van der Waals surface area contributed by atoms with Gasteiger partial charge in [-0.2, -0.15) is 0 Å². The van der Waals surface area contributed by atoms with Crippen molar-refractivity contribution in [3.63, 3.8) is 0 Å². The van der Waals surface area contributed by atoms with Crippen LogP contribution in [0.3, 0.4) is 0 Å². The third kappa shape index (κ3) is 3.64. The lowest BCUT2D eigenvalue weighted by Crippen LogP contribution is -2.10. The van der Waals surface area contributed by atoms with Crippen molar-refractivity contribution in [3.05, 3.63) is 29.8 Å². The van der Waals surface area contributed by atoms with E-state index in [2.05, 4.69) is 5.32 Å². The number of carbonyl (C=O) groups excluding carboxylic acids is 1. The predicted octanol–water partition coefficient (Wildman–Crippen LogP) is 1.42. The minimum Gasteiger partial charge on any atom is -0.388 e. The average molecular weight is 222 g/mol. The third-order valence-corrected chi connectivity index (χ3v) is 2.34. The fourth-order valence-corrected chi connectivity index (χ4v) is 1.36. The van der Waals surface area contributed by atoms with Crippen molar-refractivity contribution in [1.82, 2.24) is 0 Å². The highest BCUT2D eigenvalue weighted by Crippen LogP contribution is 2.18. The van der Waals surface area contributed by atoms with Crippen LogP contribution >= 0.6 is 0 Å². The molecule has 4 N–H and O–H groups in total. The van der Waals surface area contributed by atoms with Crippen molar-refractivity contribution in [2.75, 3.05) is 11.9 Å². The summed E-state index contributed by atoms with van der Waals surface area (Å²) in [4.78, 5) is 11.1. The maximum atomic E-state index is 11.1. The van der Waals surface area contributed by atoms with E-state index in [9.17, 15) is 9.90 Å². The van der Waals surface area contributed by atoms with Crippen molar-refractivity contribution in [1.29, 1.82) is 0 Å². The molecule has 1 rings (SSSR count). The van der Waals surface area contributed by atoms with Crippen LogP contribution in [0.4, 0.5) is 5.69 Å². The summed E-state index contributed by atoms with van der Waals surface area (Å²) in [5, 5.41) is 12.4. The molecule has 0 heterocycles. The Morgan fingerprint density at radius 3 is 2.56 bits per heavy atom. The zero-order valence-corrected chi connectivity index (χ0v) is 9.44. The molecule has 1 amide bonds. The summed E-state index contributed by atoms with van der Waals surface area (Å²) in [5.41, 5.74) is 6.93. The number of rotatable bonds is 5. The van der Waals surface area contributed by atoms with E-state index in [0.717, 1.165) is 11.3 Å². The van der Waals surface area contributed by atoms with Crippen molar-refractivity contribution in [2.24, 2.45) is 5.73 Å². The Kier molecular flexibility index (Phi) is 4.95. The summed E-state index contributed by atoms with van der Waals surface area (Å²) in [6, 6.07) is 7.16. The van der Waals surface area contributed by atoms with Gasteiger partial charge in [-0.05, 0) is 30.7 Å². The van der Waals surface area contributed by atoms with Gasteiger partial charge in [0.05, 0.1) is 6.10 Å². The number of hydrogen-bond donors (Lipinski definition) is 3. The van der Waals surface area contributed by atoms with Crippen LogP contribution in [0.2, 0.25) is 0 Å². The van der Waals surface area contributed by atoms with Crippen LogP contribution < -0.4 is 11.1 Å². The van der Waals surface area contributed by atoms with Crippen LogP contribution in [0, 0.1) is 0 Å². The molecule has 0 spiro atoms. The summed E-state index contributed by atoms with van der Waals surface area (Å²) >= 11 is 0. The van der Waals surface area contributed by atoms with Gasteiger partial charge < -0.3 is 16.2 Å². The molecular formula is C12H18N2O2. The second-order valence-electron chi connectivity index (χ2n) is 3.62. The second-order valence-corrected chi connectivity index (χ2v) is 3.62. The number of nitrogens with one attached hydrogen (secondary N) is 1. The Hall–Kier alpha value is -1.39. The molecule has 4 heteroatoms. The topological polar surface area (TPSA) is 75.3 Å². The average Bonchev–Trinajstić information content (AvgIpc) is 2.30. The molecule has 4 nitrogen and oxygen atoms in total. The van der Waals surface area contributed by atoms with Gasteiger partial charge >= 0.3 is 0 Å². The predicted molar refractivity (Wildman–Crippen MR) is 64.0 cm³/mol. The van der Waals surface area contributed by atoms with E-state index in [-0.39, 0.29) is 5.91 Å². The van der Waals surface area contributed by atoms with Gasteiger partial charge in [-0.1, -0.05) is 19.1 Å². The number of amides is 1. The van der Waals surface area contributed by atoms with Gasteiger partial charge in [0.25, 0.3) is 0 Å². The highest BCUT2D eigenvalue weighted by Gasteiger charge is 2.06. The van der Waals surface area contributed by atoms with Gasteiger partial charge in [-0.15, -0.1) is 0 Å². The fraction of sp³-hybridized carbons (Fsp3) is 0.417. The first-order valence-electron chi connectivity index (χ1n) is 5.45. The van der Waals surface area contributed by atoms with E-state index in [1.165, 1.54) is 0 Å². The lowest BCUT2D eigenvalue weighted by Gasteiger charge is -2.10. The Morgan fingerprint density at radius 2 is 2.06 bits per heavy atom. The Bertz CT molecular complexity index is 335. The van der Waals surface area contributed by atoms with Crippen LogP contribution in [0.1, 0.15) is 31.4 Å². The lowest BCUT2D eigenvalue weighted by atomic mass is 10.1. The Morgan fingerprint density at radius 1 is 1.44 bits per heavy atom. The first-order valence-corrected chi connectivity index (χ1v) is 5.45. The van der Waals surface area contributed by atoms with Crippen LogP contribution in [-0.2, 0) is 4.79 Å². The molecule has 0 saturated carbocycles. The molecule has 0 aliphatic carbocycles. The van der Waals surface area contributed by atoms with Gasteiger partial charge in [0.2, 0.25) is 5.91 Å². The molecule has 0 radical (unpaired) electrons. The lowest BCUT2D eigenvalue weighted by molar-refractivity contribution is -0.115. The Labute approximate surface area is 95.5 Å². The Balaban J connectivity index is 2.64. The maximum Gasteiger partial charge on any atom is 0.224 e. The monoisotopic (exact) mass is 222 g/mol. The first kappa shape index (κ1) is 12.7. The van der Waals surface area contributed by atoms with E-state index in [0.29, 0.717) is 19.4 Å². The maximum absolute atomic E-state index is 11.1. The van der Waals surface area contributed by atoms with Gasteiger partial charge in [0.1, 0.15) is 0 Å². The van der Waals surface area contributed by atoms with Crippen LogP contribution in [0.15, 0.2) is 24.3 Å². The van der Waals surface area contributed by atoms with Crippen molar-refractivity contribution in [2.45, 2.75) is 25.9 Å². The van der Waals surface area contributed by atoms with Crippen LogP contribution in [0.5, 0.6) is 0 Å². The quantitative estimate of drug-likeness (QED) is 0.705. The first-order chi connectivity index (χ1) is 7.67. The molecule has 0 aromatic heterocycles. The van der Waals surface area contributed by atoms with Crippen LogP contribution in [0.25, 0.3) is 0 Å². The minimum atomic E-state index is -0.527. The van der Waals surface area contributed by atoms with Crippen molar-refractivity contribution >= 4 is 11.6 Å². The van der Waals surface area contributed by atoms with Gasteiger partial charge in [0.15, 0.2) is 0 Å². The number of anilines is 1. The van der Waals surface area contributed by atoms with Crippen LogP contribution in [-0.4, -0.2) is 17.6 Å². The highest BCUT2D eigenvalue weighted by molar-refractivity contribution is 5.90. The number of aliphatic hydroxyl groups excluding tert-OH is 1. The largest absolute Gasteiger partial charge is 0.388 e. The highest BCUT2D eigenvalue weighted by atomic mass is 16.3. The molecule has 16 heavy (non-hydrogen) atoms. The summed E-state index contributed by atoms with van der Waals surface area (Å²) in [7, 11) is 0. The summed E-state index contributed by atoms with van der Waals surface area (Å²) in [5.74, 6) is -0.0183. The number of nitrogens with two attached hydrogens (primary N) is 1. The zero-order chi connectivity index (χ0) is 12.0. The van der Waals surface area contributed by atoms with E-state index in [1.54, 1.807) is 31.2 Å². The van der Waals surface area contributed by atoms with Crippen molar-refractivity contribution in [3.8, 4) is 0 Å². The van der Waals surface area contributed by atoms with E-state index in [1.807, 2.05) is 0 Å². The van der Waals surface area contributed by atoms with Crippen molar-refractivity contribution < 1.29 is 9.90 Å². The molecule has 0 aliphatic rings. The molecule has 0 saturated heterocycles. The standard InChI is InChI=1S/C12H18N2O2/c1-2-12(16)14-10-5-3-9(4-6-10)11(15)7-8-13/h3-6,11,15H,2,7-8,13H2,1H3,(H,14,16). The molecule has 1 aromatic rings. The summed E-state index contributed by atoms with van der Waals surface area (Å²) < 4.78 is 0. The molecule has 1 aromatic carbocycles. The van der Waals surface area contributed by atoms with Gasteiger partial charge in [-0.25, -0.2) is 0 Å². The molecule has 0 aliphatic heterocycles.